The summed E-state index contributed by atoms with van der Waals surface area (Å²) in [7, 11) is 1.37. The second kappa shape index (κ2) is 13.5. The number of aryl methyl sites for hydroxylation is 3. The van der Waals surface area contributed by atoms with Crippen LogP contribution in [0, 0.1) is 11.8 Å². The molecule has 1 amide bonds. The number of aromatic nitrogens is 2. The van der Waals surface area contributed by atoms with E-state index < -0.39 is 5.97 Å². The molecule has 1 saturated heterocycles. The van der Waals surface area contributed by atoms with Crippen LogP contribution < -0.4 is 14.8 Å². The van der Waals surface area contributed by atoms with Crippen LogP contribution in [0.25, 0.3) is 11.0 Å². The van der Waals surface area contributed by atoms with Crippen molar-refractivity contribution in [3.63, 3.8) is 0 Å². The third kappa shape index (κ3) is 6.58. The highest BCUT2D eigenvalue weighted by Gasteiger charge is 2.30. The summed E-state index contributed by atoms with van der Waals surface area (Å²) in [6.07, 6.45) is 6.86. The first-order chi connectivity index (χ1) is 21.5. The normalized spacial score (nSPS) is 16.3. The molecule has 9 nitrogen and oxygen atoms in total. The van der Waals surface area contributed by atoms with Gasteiger partial charge in [-0.15, -0.1) is 0 Å². The van der Waals surface area contributed by atoms with Gasteiger partial charge in [-0.3, -0.25) is 4.79 Å². The van der Waals surface area contributed by atoms with Crippen LogP contribution in [0.2, 0.25) is 0 Å². The summed E-state index contributed by atoms with van der Waals surface area (Å²) in [5.41, 5.74) is 4.94. The van der Waals surface area contributed by atoms with Crippen LogP contribution in [0.15, 0.2) is 60.8 Å². The van der Waals surface area contributed by atoms with Gasteiger partial charge in [0.05, 0.1) is 25.3 Å². The number of nitrogens with one attached hydrogen (secondary N) is 1. The van der Waals surface area contributed by atoms with Gasteiger partial charge in [-0.05, 0) is 79.3 Å². The Kier molecular flexibility index (Phi) is 9.12. The lowest BCUT2D eigenvalue weighted by molar-refractivity contribution is -0.119. The molecule has 0 saturated carbocycles. The lowest BCUT2D eigenvalue weighted by Gasteiger charge is -2.12. The average Bonchev–Trinajstić information content (AvgIpc) is 3.80. The Morgan fingerprint density at radius 1 is 1.05 bits per heavy atom. The van der Waals surface area contributed by atoms with E-state index in [-0.39, 0.29) is 18.6 Å². The minimum atomic E-state index is -0.500. The molecule has 0 bridgehead atoms. The topological polar surface area (TPSA) is 101 Å². The molecule has 2 unspecified atom stereocenters. The molecule has 44 heavy (non-hydrogen) atoms. The summed E-state index contributed by atoms with van der Waals surface area (Å²) in [4.78, 5) is 31.4. The van der Waals surface area contributed by atoms with Crippen molar-refractivity contribution in [2.45, 2.75) is 52.0 Å². The summed E-state index contributed by atoms with van der Waals surface area (Å²) in [5, 5.41) is 3.83. The molecule has 1 fully saturated rings. The first-order valence-electron chi connectivity index (χ1n) is 15.4. The predicted octanol–water partition coefficient (Wildman–Crippen LogP) is 5.97. The van der Waals surface area contributed by atoms with E-state index >= 15 is 0 Å². The number of amides is 1. The highest BCUT2D eigenvalue weighted by Crippen LogP contribution is 2.35. The molecule has 4 heterocycles. The standard InChI is InChI=1S/C35H39N3O6/c1-23(17-25-12-13-29-30(19-25)44-22-43-29)10-11-26-18-28-31(37-34(39)27-14-16-42-21-27)32(35(40)41-2)38(33(28)36-20-26)15-6-9-24-7-4-3-5-8-24/h3-5,7-8,12-13,18-20,23,27H,6,9-11,14-17,21-22H2,1-2H3,(H,37,39). The fraction of sp³-hybridized carbons (Fsp3) is 0.400. The number of benzene rings is 2. The van der Waals surface area contributed by atoms with Crippen molar-refractivity contribution in [2.24, 2.45) is 11.8 Å². The van der Waals surface area contributed by atoms with Crippen molar-refractivity contribution in [3.05, 3.63) is 83.2 Å². The fourth-order valence-electron chi connectivity index (χ4n) is 6.10. The average molecular weight is 598 g/mol. The van der Waals surface area contributed by atoms with Gasteiger partial charge in [-0.1, -0.05) is 43.3 Å². The van der Waals surface area contributed by atoms with Gasteiger partial charge in [-0.2, -0.15) is 0 Å². The number of esters is 1. The van der Waals surface area contributed by atoms with Gasteiger partial charge in [0.1, 0.15) is 5.65 Å². The van der Waals surface area contributed by atoms with Gasteiger partial charge in [0.25, 0.3) is 0 Å². The van der Waals surface area contributed by atoms with E-state index in [1.807, 2.05) is 35.0 Å². The Balaban J connectivity index is 1.25. The number of nitrogens with zero attached hydrogens (tertiary/aromatic N) is 2. The van der Waals surface area contributed by atoms with Crippen LogP contribution in [0.4, 0.5) is 5.69 Å². The van der Waals surface area contributed by atoms with Crippen LogP contribution in [0.5, 0.6) is 11.5 Å². The monoisotopic (exact) mass is 597 g/mol. The smallest absolute Gasteiger partial charge is 0.356 e. The fourth-order valence-corrected chi connectivity index (χ4v) is 6.10. The number of rotatable bonds is 12. The third-order valence-electron chi connectivity index (χ3n) is 8.52. The Labute approximate surface area is 257 Å². The van der Waals surface area contributed by atoms with E-state index in [0.29, 0.717) is 49.1 Å². The number of methoxy groups -OCH3 is 1. The molecule has 230 valence electrons. The molecule has 2 aliphatic rings. The van der Waals surface area contributed by atoms with E-state index in [4.69, 9.17) is 23.9 Å². The third-order valence-corrected chi connectivity index (χ3v) is 8.52. The zero-order valence-electron chi connectivity index (χ0n) is 25.3. The van der Waals surface area contributed by atoms with E-state index in [1.54, 1.807) is 0 Å². The maximum absolute atomic E-state index is 13.3. The number of carbonyl (C=O) groups is 2. The first-order valence-corrected chi connectivity index (χ1v) is 15.4. The number of ether oxygens (including phenoxy) is 4. The number of fused-ring (bicyclic) bond motifs is 2. The SMILES string of the molecule is COC(=O)c1c(NC(=O)C2CCOC2)c2cc(CCC(C)Cc3ccc4c(c3)OCO4)cnc2n1CCCc1ccccc1. The molecule has 2 aromatic carbocycles. The Morgan fingerprint density at radius 2 is 1.89 bits per heavy atom. The van der Waals surface area contributed by atoms with Gasteiger partial charge in [0.15, 0.2) is 17.2 Å². The highest BCUT2D eigenvalue weighted by atomic mass is 16.7. The van der Waals surface area contributed by atoms with Crippen molar-refractivity contribution in [1.29, 1.82) is 0 Å². The molecule has 6 rings (SSSR count). The van der Waals surface area contributed by atoms with Crippen molar-refractivity contribution in [3.8, 4) is 11.5 Å². The van der Waals surface area contributed by atoms with Crippen LogP contribution in [-0.4, -0.2) is 48.5 Å². The van der Waals surface area contributed by atoms with E-state index in [1.165, 1.54) is 18.2 Å². The minimum Gasteiger partial charge on any atom is -0.464 e. The number of pyridine rings is 1. The summed E-state index contributed by atoms with van der Waals surface area (Å²) >= 11 is 0. The quantitative estimate of drug-likeness (QED) is 0.201. The van der Waals surface area contributed by atoms with E-state index in [9.17, 15) is 9.59 Å². The zero-order valence-corrected chi connectivity index (χ0v) is 25.3. The zero-order chi connectivity index (χ0) is 30.5. The predicted molar refractivity (Wildman–Crippen MR) is 167 cm³/mol. The van der Waals surface area contributed by atoms with Crippen molar-refractivity contribution < 1.29 is 28.5 Å². The molecule has 1 N–H and O–H groups in total. The molecule has 0 radical (unpaired) electrons. The Bertz CT molecular complexity index is 1630. The van der Waals surface area contributed by atoms with E-state index in [2.05, 4.69) is 42.6 Å². The van der Waals surface area contributed by atoms with Gasteiger partial charge in [0.2, 0.25) is 12.7 Å². The van der Waals surface area contributed by atoms with Crippen LogP contribution in [-0.2, 0) is 40.1 Å². The van der Waals surface area contributed by atoms with Crippen LogP contribution >= 0.6 is 0 Å². The molecular weight excluding hydrogens is 558 g/mol. The maximum Gasteiger partial charge on any atom is 0.356 e. The summed E-state index contributed by atoms with van der Waals surface area (Å²) in [6.45, 7) is 3.99. The van der Waals surface area contributed by atoms with Crippen molar-refractivity contribution in [1.82, 2.24) is 9.55 Å². The largest absolute Gasteiger partial charge is 0.464 e. The van der Waals surface area contributed by atoms with Crippen LogP contribution in [0.3, 0.4) is 0 Å². The lowest BCUT2D eigenvalue weighted by atomic mass is 9.94. The molecule has 0 aliphatic carbocycles. The molecule has 4 aromatic rings. The minimum absolute atomic E-state index is 0.154. The number of anilines is 1. The van der Waals surface area contributed by atoms with Gasteiger partial charge >= 0.3 is 5.97 Å². The molecule has 2 aromatic heterocycles. The van der Waals surface area contributed by atoms with Crippen molar-refractivity contribution >= 4 is 28.6 Å². The summed E-state index contributed by atoms with van der Waals surface area (Å²) < 4.78 is 23.6. The lowest BCUT2D eigenvalue weighted by Crippen LogP contribution is -2.24. The Hall–Kier alpha value is -4.37. The van der Waals surface area contributed by atoms with Crippen molar-refractivity contribution in [2.75, 3.05) is 32.4 Å². The maximum atomic E-state index is 13.3. The summed E-state index contributed by atoms with van der Waals surface area (Å²) in [5.74, 6) is 1.10. The molecule has 2 aliphatic heterocycles. The van der Waals surface area contributed by atoms with Gasteiger partial charge < -0.3 is 28.8 Å². The molecular formula is C35H39N3O6. The summed E-state index contributed by atoms with van der Waals surface area (Å²) in [6, 6.07) is 18.4. The first kappa shape index (κ1) is 29.7. The highest BCUT2D eigenvalue weighted by molar-refractivity contribution is 6.11. The number of hydrogen-bond donors (Lipinski definition) is 1. The van der Waals surface area contributed by atoms with Gasteiger partial charge in [0, 0.05) is 24.7 Å². The van der Waals surface area contributed by atoms with Crippen LogP contribution in [0.1, 0.15) is 53.4 Å². The Morgan fingerprint density at radius 3 is 2.68 bits per heavy atom. The number of hydrogen-bond acceptors (Lipinski definition) is 7. The van der Waals surface area contributed by atoms with E-state index in [0.717, 1.165) is 54.6 Å². The molecule has 0 spiro atoms. The van der Waals surface area contributed by atoms with Gasteiger partial charge in [-0.25, -0.2) is 9.78 Å². The molecule has 2 atom stereocenters. The second-order valence-electron chi connectivity index (χ2n) is 11.8. The second-order valence-corrected chi connectivity index (χ2v) is 11.8. The molecule has 9 heteroatoms. The number of carbonyl (C=O) groups excluding carboxylic acids is 2.